The lowest BCUT2D eigenvalue weighted by atomic mass is 10.1. The fraction of sp³-hybridized carbons (Fsp3) is 0.300. The molecule has 0 saturated carbocycles. The molecule has 1 rings (SSSR count). The van der Waals surface area contributed by atoms with Crippen LogP contribution in [-0.4, -0.2) is 34.8 Å². The van der Waals surface area contributed by atoms with E-state index in [9.17, 15) is 13.2 Å². The topological polar surface area (TPSA) is 89.7 Å². The third-order valence-corrected chi connectivity index (χ3v) is 3.46. The Kier molecular flexibility index (Phi) is 3.62. The number of hydrogen-bond donors (Lipinski definition) is 1. The molecule has 0 aliphatic rings. The normalized spacial score (nSPS) is 11.0. The minimum Gasteiger partial charge on any atom is -0.465 e. The molecular formula is C10H14N2O4S. The first kappa shape index (κ1) is 13.3. The molecule has 17 heavy (non-hydrogen) atoms. The van der Waals surface area contributed by atoms with Gasteiger partial charge in [-0.1, -0.05) is 0 Å². The van der Waals surface area contributed by atoms with Gasteiger partial charge in [0.1, 0.15) is 0 Å². The van der Waals surface area contributed by atoms with E-state index in [1.54, 1.807) is 0 Å². The van der Waals surface area contributed by atoms with Gasteiger partial charge >= 0.3 is 5.97 Å². The van der Waals surface area contributed by atoms with Crippen molar-refractivity contribution in [1.82, 2.24) is 0 Å². The third-order valence-electron chi connectivity index (χ3n) is 2.26. The molecule has 0 heterocycles. The standard InChI is InChI=1S/C10H14N2O4S/c1-12(17(3,14)15)9-6-7(11)4-5-8(9)10(13)16-2/h4-6H,11H2,1-3H3. The molecule has 0 aliphatic carbocycles. The second kappa shape index (κ2) is 4.62. The summed E-state index contributed by atoms with van der Waals surface area (Å²) >= 11 is 0. The average Bonchev–Trinajstić information content (AvgIpc) is 2.25. The molecule has 0 aromatic heterocycles. The number of rotatable bonds is 3. The van der Waals surface area contributed by atoms with Gasteiger partial charge in [-0.25, -0.2) is 13.2 Å². The second-order valence-electron chi connectivity index (χ2n) is 3.50. The van der Waals surface area contributed by atoms with Gasteiger partial charge in [0, 0.05) is 12.7 Å². The summed E-state index contributed by atoms with van der Waals surface area (Å²) in [5, 5.41) is 0. The first-order chi connectivity index (χ1) is 7.77. The first-order valence-electron chi connectivity index (χ1n) is 4.69. The van der Waals surface area contributed by atoms with Crippen molar-refractivity contribution < 1.29 is 17.9 Å². The number of anilines is 2. The zero-order valence-corrected chi connectivity index (χ0v) is 10.6. The van der Waals surface area contributed by atoms with Gasteiger partial charge in [0.25, 0.3) is 0 Å². The monoisotopic (exact) mass is 258 g/mol. The molecule has 2 N–H and O–H groups in total. The summed E-state index contributed by atoms with van der Waals surface area (Å²) < 4.78 is 28.4. The van der Waals surface area contributed by atoms with Crippen LogP contribution in [0.25, 0.3) is 0 Å². The van der Waals surface area contributed by atoms with Crippen LogP contribution in [0.15, 0.2) is 18.2 Å². The largest absolute Gasteiger partial charge is 0.465 e. The summed E-state index contributed by atoms with van der Waals surface area (Å²) in [6.45, 7) is 0. The molecule has 0 bridgehead atoms. The molecule has 0 fully saturated rings. The number of methoxy groups -OCH3 is 1. The number of nitrogens with zero attached hydrogens (tertiary/aromatic N) is 1. The van der Waals surface area contributed by atoms with Crippen LogP contribution < -0.4 is 10.0 Å². The van der Waals surface area contributed by atoms with E-state index < -0.39 is 16.0 Å². The van der Waals surface area contributed by atoms with Crippen molar-refractivity contribution in [3.63, 3.8) is 0 Å². The number of carbonyl (C=O) groups excluding carboxylic acids is 1. The minimum absolute atomic E-state index is 0.148. The SMILES string of the molecule is COC(=O)c1ccc(N)cc1N(C)S(C)(=O)=O. The molecule has 94 valence electrons. The Bertz CT molecular complexity index is 539. The van der Waals surface area contributed by atoms with E-state index in [2.05, 4.69) is 4.74 Å². The van der Waals surface area contributed by atoms with Crippen LogP contribution in [-0.2, 0) is 14.8 Å². The van der Waals surface area contributed by atoms with Crippen molar-refractivity contribution in [2.24, 2.45) is 0 Å². The Labute approximate surface area is 100 Å². The Hall–Kier alpha value is -1.76. The maximum absolute atomic E-state index is 11.5. The minimum atomic E-state index is -3.47. The molecule has 0 spiro atoms. The van der Waals surface area contributed by atoms with Crippen molar-refractivity contribution >= 4 is 27.4 Å². The molecule has 0 radical (unpaired) electrons. The highest BCUT2D eigenvalue weighted by molar-refractivity contribution is 7.92. The fourth-order valence-corrected chi connectivity index (χ4v) is 1.78. The van der Waals surface area contributed by atoms with E-state index in [1.165, 1.54) is 32.4 Å². The predicted molar refractivity (Wildman–Crippen MR) is 65.4 cm³/mol. The van der Waals surface area contributed by atoms with Crippen LogP contribution in [0.1, 0.15) is 10.4 Å². The van der Waals surface area contributed by atoms with E-state index in [-0.39, 0.29) is 11.3 Å². The average molecular weight is 258 g/mol. The number of nitrogens with two attached hydrogens (primary N) is 1. The van der Waals surface area contributed by atoms with Crippen molar-refractivity contribution in [1.29, 1.82) is 0 Å². The van der Waals surface area contributed by atoms with Crippen LogP contribution in [0.5, 0.6) is 0 Å². The summed E-state index contributed by atoms with van der Waals surface area (Å²) in [6, 6.07) is 4.34. The Morgan fingerprint density at radius 3 is 2.47 bits per heavy atom. The summed E-state index contributed by atoms with van der Waals surface area (Å²) in [6.07, 6.45) is 1.04. The molecule has 0 atom stereocenters. The maximum Gasteiger partial charge on any atom is 0.340 e. The molecule has 7 heteroatoms. The van der Waals surface area contributed by atoms with Crippen molar-refractivity contribution in [2.75, 3.05) is 30.5 Å². The number of benzene rings is 1. The lowest BCUT2D eigenvalue weighted by Gasteiger charge is -2.19. The van der Waals surface area contributed by atoms with Gasteiger partial charge in [-0.2, -0.15) is 0 Å². The fourth-order valence-electron chi connectivity index (χ4n) is 1.27. The van der Waals surface area contributed by atoms with E-state index >= 15 is 0 Å². The van der Waals surface area contributed by atoms with Gasteiger partial charge in [-0.15, -0.1) is 0 Å². The van der Waals surface area contributed by atoms with Crippen molar-refractivity contribution in [2.45, 2.75) is 0 Å². The number of ether oxygens (including phenoxy) is 1. The molecule has 1 aromatic rings. The highest BCUT2D eigenvalue weighted by atomic mass is 32.2. The van der Waals surface area contributed by atoms with E-state index in [1.807, 2.05) is 0 Å². The van der Waals surface area contributed by atoms with E-state index in [4.69, 9.17) is 5.73 Å². The van der Waals surface area contributed by atoms with E-state index in [0.29, 0.717) is 5.69 Å². The number of esters is 1. The van der Waals surface area contributed by atoms with Crippen molar-refractivity contribution in [3.05, 3.63) is 23.8 Å². The smallest absolute Gasteiger partial charge is 0.340 e. The molecule has 0 unspecified atom stereocenters. The Morgan fingerprint density at radius 1 is 1.41 bits per heavy atom. The van der Waals surface area contributed by atoms with Gasteiger partial charge < -0.3 is 10.5 Å². The first-order valence-corrected chi connectivity index (χ1v) is 6.54. The van der Waals surface area contributed by atoms with Gasteiger partial charge in [0.05, 0.1) is 24.6 Å². The summed E-state index contributed by atoms with van der Waals surface area (Å²) in [5.74, 6) is -0.615. The number of hydrogen-bond acceptors (Lipinski definition) is 5. The summed E-state index contributed by atoms with van der Waals surface area (Å²) in [5.41, 5.74) is 6.28. The molecule has 0 aliphatic heterocycles. The molecular weight excluding hydrogens is 244 g/mol. The maximum atomic E-state index is 11.5. The highest BCUT2D eigenvalue weighted by Gasteiger charge is 2.20. The zero-order chi connectivity index (χ0) is 13.2. The Balaban J connectivity index is 3.40. The predicted octanol–water partition coefficient (Wildman–Crippen LogP) is 0.451. The lowest BCUT2D eigenvalue weighted by molar-refractivity contribution is 0.0601. The zero-order valence-electron chi connectivity index (χ0n) is 9.80. The van der Waals surface area contributed by atoms with Crippen LogP contribution in [0, 0.1) is 0 Å². The number of sulfonamides is 1. The second-order valence-corrected chi connectivity index (χ2v) is 5.51. The molecule has 1 aromatic carbocycles. The molecule has 6 nitrogen and oxygen atoms in total. The van der Waals surface area contributed by atoms with Crippen LogP contribution in [0.4, 0.5) is 11.4 Å². The third kappa shape index (κ3) is 2.88. The number of nitrogen functional groups attached to an aromatic ring is 1. The number of carbonyl (C=O) groups is 1. The lowest BCUT2D eigenvalue weighted by Crippen LogP contribution is -2.27. The van der Waals surface area contributed by atoms with Crippen molar-refractivity contribution in [3.8, 4) is 0 Å². The summed E-state index contributed by atoms with van der Waals surface area (Å²) in [4.78, 5) is 11.5. The van der Waals surface area contributed by atoms with Gasteiger partial charge in [-0.05, 0) is 18.2 Å². The van der Waals surface area contributed by atoms with Gasteiger partial charge in [0.2, 0.25) is 10.0 Å². The quantitative estimate of drug-likeness (QED) is 0.628. The molecule has 0 amide bonds. The van der Waals surface area contributed by atoms with Gasteiger partial charge in [0.15, 0.2) is 0 Å². The van der Waals surface area contributed by atoms with Gasteiger partial charge in [-0.3, -0.25) is 4.31 Å². The highest BCUT2D eigenvalue weighted by Crippen LogP contribution is 2.25. The van der Waals surface area contributed by atoms with Crippen LogP contribution >= 0.6 is 0 Å². The molecule has 0 saturated heterocycles. The van der Waals surface area contributed by atoms with Crippen LogP contribution in [0.3, 0.4) is 0 Å². The van der Waals surface area contributed by atoms with Crippen LogP contribution in [0.2, 0.25) is 0 Å². The summed E-state index contributed by atoms with van der Waals surface area (Å²) in [7, 11) is -0.898. The van der Waals surface area contributed by atoms with E-state index in [0.717, 1.165) is 10.6 Å². The Morgan fingerprint density at radius 2 is 2.00 bits per heavy atom.